The average Bonchev–Trinajstić information content (AvgIpc) is 2.65. The van der Waals surface area contributed by atoms with Crippen LogP contribution in [0.1, 0.15) is 21.5 Å². The summed E-state index contributed by atoms with van der Waals surface area (Å²) in [6.07, 6.45) is 1.42. The first-order valence-corrected chi connectivity index (χ1v) is 9.39. The molecule has 2 aromatic carbocycles. The Morgan fingerprint density at radius 1 is 1.04 bits per heavy atom. The number of hydrogen-bond acceptors (Lipinski definition) is 5. The lowest BCUT2D eigenvalue weighted by Crippen LogP contribution is -2.30. The van der Waals surface area contributed by atoms with E-state index in [9.17, 15) is 18.0 Å². The van der Waals surface area contributed by atoms with Crippen molar-refractivity contribution < 1.29 is 22.7 Å². The molecule has 0 saturated carbocycles. The summed E-state index contributed by atoms with van der Waals surface area (Å²) >= 11 is 0. The summed E-state index contributed by atoms with van der Waals surface area (Å²) in [6, 6.07) is 15.7. The van der Waals surface area contributed by atoms with Crippen molar-refractivity contribution in [3.63, 3.8) is 0 Å². The lowest BCUT2D eigenvalue weighted by atomic mass is 10.1. The van der Waals surface area contributed by atoms with Crippen molar-refractivity contribution in [1.82, 2.24) is 4.72 Å². The van der Waals surface area contributed by atoms with Crippen LogP contribution in [0.25, 0.3) is 6.08 Å². The topological polar surface area (TPSA) is 89.5 Å². The number of ketones is 1. The van der Waals surface area contributed by atoms with Gasteiger partial charge in [-0.05, 0) is 18.6 Å². The van der Waals surface area contributed by atoms with Crippen LogP contribution in [-0.4, -0.2) is 33.3 Å². The minimum absolute atomic E-state index is 0.360. The standard InChI is InChI=1S/C19H19NO5S/c1-15-7-9-16(10-8-15)11-12-26(23,24)20-13-19(22)25-14-18(21)17-5-3-2-4-6-17/h2-12,20H,13-14H2,1H3. The molecule has 26 heavy (non-hydrogen) atoms. The first-order chi connectivity index (χ1) is 12.4. The highest BCUT2D eigenvalue weighted by Gasteiger charge is 2.12. The molecule has 0 aliphatic carbocycles. The number of rotatable bonds is 8. The number of sulfonamides is 1. The molecule has 2 aromatic rings. The van der Waals surface area contributed by atoms with E-state index in [4.69, 9.17) is 4.74 Å². The van der Waals surface area contributed by atoms with Gasteiger partial charge < -0.3 is 4.74 Å². The maximum atomic E-state index is 11.9. The molecule has 0 radical (unpaired) electrons. The Kier molecular flexibility index (Phi) is 6.82. The SMILES string of the molecule is Cc1ccc(C=CS(=O)(=O)NCC(=O)OCC(=O)c2ccccc2)cc1. The molecule has 0 atom stereocenters. The van der Waals surface area contributed by atoms with E-state index in [1.807, 2.05) is 19.1 Å². The molecule has 0 bridgehead atoms. The van der Waals surface area contributed by atoms with Crippen molar-refractivity contribution >= 4 is 27.9 Å². The van der Waals surface area contributed by atoms with Gasteiger partial charge in [0.05, 0.1) is 0 Å². The van der Waals surface area contributed by atoms with Crippen LogP contribution in [0.3, 0.4) is 0 Å². The highest BCUT2D eigenvalue weighted by Crippen LogP contribution is 2.06. The third-order valence-corrected chi connectivity index (χ3v) is 4.44. The van der Waals surface area contributed by atoms with Crippen molar-refractivity contribution in [3.05, 3.63) is 76.7 Å². The smallest absolute Gasteiger partial charge is 0.321 e. The summed E-state index contributed by atoms with van der Waals surface area (Å²) < 4.78 is 30.6. The van der Waals surface area contributed by atoms with Gasteiger partial charge in [-0.3, -0.25) is 9.59 Å². The van der Waals surface area contributed by atoms with Crippen LogP contribution in [0.15, 0.2) is 60.0 Å². The number of carbonyl (C=O) groups is 2. The molecule has 0 aromatic heterocycles. The molecule has 1 N–H and O–H groups in total. The van der Waals surface area contributed by atoms with E-state index >= 15 is 0 Å². The van der Waals surface area contributed by atoms with Gasteiger partial charge in [0.25, 0.3) is 0 Å². The Labute approximate surface area is 152 Å². The average molecular weight is 373 g/mol. The quantitative estimate of drug-likeness (QED) is 0.566. The fourth-order valence-corrected chi connectivity index (χ4v) is 2.71. The highest BCUT2D eigenvalue weighted by molar-refractivity contribution is 7.92. The number of esters is 1. The van der Waals surface area contributed by atoms with Gasteiger partial charge in [0, 0.05) is 11.0 Å². The Bertz CT molecular complexity index is 887. The molecule has 0 aliphatic heterocycles. The van der Waals surface area contributed by atoms with E-state index < -0.39 is 29.1 Å². The van der Waals surface area contributed by atoms with E-state index in [-0.39, 0.29) is 5.78 Å². The first kappa shape index (κ1) is 19.6. The van der Waals surface area contributed by atoms with Crippen molar-refractivity contribution in [2.45, 2.75) is 6.92 Å². The molecule has 0 heterocycles. The summed E-state index contributed by atoms with van der Waals surface area (Å²) in [6.45, 7) is 0.937. The molecular formula is C19H19NO5S. The van der Waals surface area contributed by atoms with E-state index in [1.54, 1.807) is 42.5 Å². The fourth-order valence-electron chi connectivity index (χ4n) is 1.96. The van der Waals surface area contributed by atoms with E-state index in [0.717, 1.165) is 16.5 Å². The van der Waals surface area contributed by atoms with Gasteiger partial charge in [-0.15, -0.1) is 0 Å². The predicted octanol–water partition coefficient (Wildman–Crippen LogP) is 2.31. The normalized spacial score (nSPS) is 11.4. The van der Waals surface area contributed by atoms with Crippen molar-refractivity contribution in [3.8, 4) is 0 Å². The molecular weight excluding hydrogens is 354 g/mol. The van der Waals surface area contributed by atoms with Gasteiger partial charge in [0.15, 0.2) is 12.4 Å². The molecule has 0 spiro atoms. The molecule has 136 valence electrons. The number of hydrogen-bond donors (Lipinski definition) is 1. The number of ether oxygens (including phenoxy) is 1. The van der Waals surface area contributed by atoms with Crippen LogP contribution in [0.5, 0.6) is 0 Å². The van der Waals surface area contributed by atoms with Crippen LogP contribution >= 0.6 is 0 Å². The zero-order valence-corrected chi connectivity index (χ0v) is 15.0. The minimum atomic E-state index is -3.79. The summed E-state index contributed by atoms with van der Waals surface area (Å²) in [5.74, 6) is -1.19. The van der Waals surface area contributed by atoms with Crippen LogP contribution < -0.4 is 4.72 Å². The maximum absolute atomic E-state index is 11.9. The van der Waals surface area contributed by atoms with Gasteiger partial charge in [0.2, 0.25) is 10.0 Å². The minimum Gasteiger partial charge on any atom is -0.456 e. The Balaban J connectivity index is 1.80. The third kappa shape index (κ3) is 6.62. The van der Waals surface area contributed by atoms with Crippen molar-refractivity contribution in [1.29, 1.82) is 0 Å². The van der Waals surface area contributed by atoms with Crippen LogP contribution in [-0.2, 0) is 19.6 Å². The molecule has 0 saturated heterocycles. The fraction of sp³-hybridized carbons (Fsp3) is 0.158. The lowest BCUT2D eigenvalue weighted by Gasteiger charge is -2.05. The zero-order valence-electron chi connectivity index (χ0n) is 14.2. The molecule has 6 nitrogen and oxygen atoms in total. The number of nitrogens with one attached hydrogen (secondary N) is 1. The Hall–Kier alpha value is -2.77. The number of aryl methyl sites for hydroxylation is 1. The number of benzene rings is 2. The van der Waals surface area contributed by atoms with E-state index in [2.05, 4.69) is 4.72 Å². The summed E-state index contributed by atoms with van der Waals surface area (Å²) in [5, 5.41) is 0.972. The van der Waals surface area contributed by atoms with Crippen molar-refractivity contribution in [2.75, 3.05) is 13.2 Å². The van der Waals surface area contributed by atoms with Crippen LogP contribution in [0, 0.1) is 6.92 Å². The van der Waals surface area contributed by atoms with E-state index in [0.29, 0.717) is 5.56 Å². The van der Waals surface area contributed by atoms with Crippen LogP contribution in [0.2, 0.25) is 0 Å². The molecule has 7 heteroatoms. The van der Waals surface area contributed by atoms with Gasteiger partial charge in [-0.25, -0.2) is 13.1 Å². The molecule has 0 fully saturated rings. The van der Waals surface area contributed by atoms with E-state index in [1.165, 1.54) is 6.08 Å². The summed E-state index contributed by atoms with van der Waals surface area (Å²) in [7, 11) is -3.79. The highest BCUT2D eigenvalue weighted by atomic mass is 32.2. The Morgan fingerprint density at radius 2 is 1.69 bits per heavy atom. The second kappa shape index (κ2) is 9.07. The predicted molar refractivity (Wildman–Crippen MR) is 98.9 cm³/mol. The number of Topliss-reactive ketones (excluding diaryl/α,β-unsaturated/α-hetero) is 1. The van der Waals surface area contributed by atoms with Gasteiger partial charge >= 0.3 is 5.97 Å². The van der Waals surface area contributed by atoms with Gasteiger partial charge in [0.1, 0.15) is 6.54 Å². The van der Waals surface area contributed by atoms with Crippen molar-refractivity contribution in [2.24, 2.45) is 0 Å². The van der Waals surface area contributed by atoms with Gasteiger partial charge in [-0.1, -0.05) is 60.2 Å². The van der Waals surface area contributed by atoms with Crippen LogP contribution in [0.4, 0.5) is 0 Å². The second-order valence-electron chi connectivity index (χ2n) is 5.53. The third-order valence-electron chi connectivity index (χ3n) is 3.39. The summed E-state index contributed by atoms with van der Waals surface area (Å²) in [5.41, 5.74) is 2.20. The monoisotopic (exact) mass is 373 g/mol. The summed E-state index contributed by atoms with van der Waals surface area (Å²) in [4.78, 5) is 23.4. The largest absolute Gasteiger partial charge is 0.456 e. The first-order valence-electron chi connectivity index (χ1n) is 7.84. The zero-order chi connectivity index (χ0) is 19.0. The lowest BCUT2D eigenvalue weighted by molar-refractivity contribution is -0.141. The molecule has 0 amide bonds. The van der Waals surface area contributed by atoms with Gasteiger partial charge in [-0.2, -0.15) is 0 Å². The number of carbonyl (C=O) groups excluding carboxylic acids is 2. The molecule has 0 aliphatic rings. The molecule has 2 rings (SSSR count). The maximum Gasteiger partial charge on any atom is 0.321 e. The Morgan fingerprint density at radius 3 is 2.35 bits per heavy atom. The second-order valence-corrected chi connectivity index (χ2v) is 7.18. The molecule has 0 unspecified atom stereocenters.